The van der Waals surface area contributed by atoms with Crippen LogP contribution in [0.3, 0.4) is 0 Å². The Morgan fingerprint density at radius 3 is 2.56 bits per heavy atom. The molecular formula is C15H26N2O. The molecular weight excluding hydrogens is 224 g/mol. The highest BCUT2D eigenvalue weighted by atomic mass is 16.6. The highest BCUT2D eigenvalue weighted by molar-refractivity contribution is 5.32. The quantitative estimate of drug-likeness (QED) is 0.541. The molecule has 1 rings (SSSR count). The van der Waals surface area contributed by atoms with Crippen molar-refractivity contribution >= 4 is 0 Å². The molecule has 0 aromatic heterocycles. The Labute approximate surface area is 111 Å². The lowest BCUT2D eigenvalue weighted by molar-refractivity contribution is 0.282. The zero-order chi connectivity index (χ0) is 13.2. The molecule has 3 heteroatoms. The second-order valence-corrected chi connectivity index (χ2v) is 4.62. The van der Waals surface area contributed by atoms with Crippen molar-refractivity contribution in [3.05, 3.63) is 29.8 Å². The van der Waals surface area contributed by atoms with Gasteiger partial charge in [-0.05, 0) is 56.9 Å². The lowest BCUT2D eigenvalue weighted by Gasteiger charge is -2.19. The van der Waals surface area contributed by atoms with Gasteiger partial charge in [-0.3, -0.25) is 0 Å². The number of hydrogen-bond acceptors (Lipinski definition) is 3. The molecule has 0 heterocycles. The Morgan fingerprint density at radius 2 is 1.89 bits per heavy atom. The first kappa shape index (κ1) is 15.0. The second kappa shape index (κ2) is 8.95. The van der Waals surface area contributed by atoms with Crippen LogP contribution in [0.15, 0.2) is 24.3 Å². The van der Waals surface area contributed by atoms with Gasteiger partial charge in [-0.25, -0.2) is 0 Å². The summed E-state index contributed by atoms with van der Waals surface area (Å²) in [4.78, 5) is 7.38. The van der Waals surface area contributed by atoms with Gasteiger partial charge in [0.25, 0.3) is 0 Å². The molecule has 2 N–H and O–H groups in total. The number of rotatable bonds is 9. The minimum Gasteiger partial charge on any atom is -0.411 e. The van der Waals surface area contributed by atoms with Crippen LogP contribution in [-0.4, -0.2) is 24.5 Å². The van der Waals surface area contributed by atoms with Crippen molar-refractivity contribution in [2.75, 3.05) is 19.6 Å². The molecule has 0 spiro atoms. The minimum absolute atomic E-state index is 0.804. The van der Waals surface area contributed by atoms with Crippen LogP contribution in [0.2, 0.25) is 0 Å². The van der Waals surface area contributed by atoms with E-state index in [4.69, 9.17) is 10.7 Å². The molecule has 1 aromatic carbocycles. The van der Waals surface area contributed by atoms with E-state index in [1.807, 2.05) is 18.2 Å². The fourth-order valence-corrected chi connectivity index (χ4v) is 2.22. The third-order valence-corrected chi connectivity index (χ3v) is 3.26. The third-order valence-electron chi connectivity index (χ3n) is 3.26. The van der Waals surface area contributed by atoms with E-state index < -0.39 is 0 Å². The summed E-state index contributed by atoms with van der Waals surface area (Å²) in [6, 6.07) is 8.00. The lowest BCUT2D eigenvalue weighted by atomic mass is 10.1. The fraction of sp³-hybridized carbons (Fsp3) is 0.600. The normalized spacial score (nSPS) is 10.9. The Hall–Kier alpha value is -1.06. The van der Waals surface area contributed by atoms with E-state index in [-0.39, 0.29) is 0 Å². The van der Waals surface area contributed by atoms with Crippen LogP contribution in [0.4, 0.5) is 0 Å². The van der Waals surface area contributed by atoms with E-state index in [1.54, 1.807) is 0 Å². The van der Waals surface area contributed by atoms with E-state index in [1.165, 1.54) is 37.9 Å². The average molecular weight is 250 g/mol. The van der Waals surface area contributed by atoms with E-state index >= 15 is 0 Å². The molecule has 3 nitrogen and oxygen atoms in total. The van der Waals surface area contributed by atoms with Crippen LogP contribution in [-0.2, 0) is 6.42 Å². The summed E-state index contributed by atoms with van der Waals surface area (Å²) >= 11 is 0. The predicted molar refractivity (Wildman–Crippen MR) is 76.6 cm³/mol. The summed E-state index contributed by atoms with van der Waals surface area (Å²) in [5, 5.41) is 0. The molecule has 0 atom stereocenters. The highest BCUT2D eigenvalue weighted by Gasteiger charge is 2.03. The minimum atomic E-state index is 0.804. The zero-order valence-corrected chi connectivity index (χ0v) is 11.7. The van der Waals surface area contributed by atoms with Crippen molar-refractivity contribution in [1.29, 1.82) is 0 Å². The third kappa shape index (κ3) is 5.07. The first-order chi connectivity index (χ1) is 8.81. The zero-order valence-electron chi connectivity index (χ0n) is 11.7. The summed E-state index contributed by atoms with van der Waals surface area (Å²) < 4.78 is 0. The molecule has 0 aliphatic carbocycles. The van der Waals surface area contributed by atoms with Gasteiger partial charge in [0, 0.05) is 0 Å². The molecule has 0 saturated carbocycles. The molecule has 0 amide bonds. The van der Waals surface area contributed by atoms with E-state index in [0.29, 0.717) is 0 Å². The standard InChI is InChI=1S/C15H26N2O/c1-3-12-17(4-2)13-8-7-10-14-9-5-6-11-15(14)18-16/h5-6,9,11H,3-4,7-8,10,12-13,16H2,1-2H3. The van der Waals surface area contributed by atoms with Gasteiger partial charge in [-0.1, -0.05) is 32.0 Å². The molecule has 0 fully saturated rings. The summed E-state index contributed by atoms with van der Waals surface area (Å²) in [5.41, 5.74) is 1.21. The summed E-state index contributed by atoms with van der Waals surface area (Å²) in [6.07, 6.45) is 4.68. The number of nitrogens with two attached hydrogens (primary N) is 1. The first-order valence-corrected chi connectivity index (χ1v) is 6.98. The number of nitrogens with zero attached hydrogens (tertiary/aromatic N) is 1. The smallest absolute Gasteiger partial charge is 0.150 e. The molecule has 0 bridgehead atoms. The predicted octanol–water partition coefficient (Wildman–Crippen LogP) is 2.99. The van der Waals surface area contributed by atoms with Crippen LogP contribution in [0, 0.1) is 0 Å². The van der Waals surface area contributed by atoms with Gasteiger partial charge < -0.3 is 9.74 Å². The van der Waals surface area contributed by atoms with Crippen molar-refractivity contribution in [1.82, 2.24) is 4.90 Å². The second-order valence-electron chi connectivity index (χ2n) is 4.62. The van der Waals surface area contributed by atoms with Gasteiger partial charge in [0.1, 0.15) is 5.75 Å². The van der Waals surface area contributed by atoms with E-state index in [2.05, 4.69) is 24.8 Å². The van der Waals surface area contributed by atoms with Gasteiger partial charge in [0.05, 0.1) is 0 Å². The van der Waals surface area contributed by atoms with Crippen molar-refractivity contribution < 1.29 is 4.84 Å². The van der Waals surface area contributed by atoms with E-state index in [0.717, 1.165) is 18.7 Å². The summed E-state index contributed by atoms with van der Waals surface area (Å²) in [6.45, 7) is 8.01. The number of hydrogen-bond donors (Lipinski definition) is 1. The van der Waals surface area contributed by atoms with Crippen molar-refractivity contribution in [3.63, 3.8) is 0 Å². The SMILES string of the molecule is CCCN(CC)CCCCc1ccccc1ON. The van der Waals surface area contributed by atoms with Crippen LogP contribution >= 0.6 is 0 Å². The topological polar surface area (TPSA) is 38.5 Å². The summed E-state index contributed by atoms with van der Waals surface area (Å²) in [7, 11) is 0. The number of aryl methyl sites for hydroxylation is 1. The number of para-hydroxylation sites is 1. The van der Waals surface area contributed by atoms with Gasteiger partial charge in [0.2, 0.25) is 0 Å². The van der Waals surface area contributed by atoms with Gasteiger partial charge in [-0.15, -0.1) is 0 Å². The number of unbranched alkanes of at least 4 members (excludes halogenated alkanes) is 1. The fourth-order valence-electron chi connectivity index (χ4n) is 2.22. The Bertz CT molecular complexity index is 328. The largest absolute Gasteiger partial charge is 0.411 e. The average Bonchev–Trinajstić information content (AvgIpc) is 2.42. The van der Waals surface area contributed by atoms with Gasteiger partial charge in [-0.2, -0.15) is 5.90 Å². The number of benzene rings is 1. The van der Waals surface area contributed by atoms with E-state index in [9.17, 15) is 0 Å². The van der Waals surface area contributed by atoms with Crippen LogP contribution in [0.1, 0.15) is 38.7 Å². The van der Waals surface area contributed by atoms with Crippen molar-refractivity contribution in [2.24, 2.45) is 5.90 Å². The molecule has 0 saturated heterocycles. The van der Waals surface area contributed by atoms with Crippen LogP contribution in [0.25, 0.3) is 0 Å². The molecule has 18 heavy (non-hydrogen) atoms. The Kier molecular flexibility index (Phi) is 7.46. The summed E-state index contributed by atoms with van der Waals surface area (Å²) in [5.74, 6) is 6.06. The molecule has 0 aliphatic rings. The maximum Gasteiger partial charge on any atom is 0.150 e. The maximum atomic E-state index is 5.26. The van der Waals surface area contributed by atoms with Crippen LogP contribution in [0.5, 0.6) is 5.75 Å². The van der Waals surface area contributed by atoms with Crippen molar-refractivity contribution in [3.8, 4) is 5.75 Å². The maximum absolute atomic E-state index is 5.26. The molecule has 0 aliphatic heterocycles. The lowest BCUT2D eigenvalue weighted by Crippen LogP contribution is -2.25. The first-order valence-electron chi connectivity index (χ1n) is 6.98. The molecule has 0 radical (unpaired) electrons. The van der Waals surface area contributed by atoms with Gasteiger partial charge >= 0.3 is 0 Å². The Balaban J connectivity index is 2.28. The van der Waals surface area contributed by atoms with Crippen LogP contribution < -0.4 is 10.7 Å². The molecule has 1 aromatic rings. The Morgan fingerprint density at radius 1 is 1.11 bits per heavy atom. The van der Waals surface area contributed by atoms with Crippen molar-refractivity contribution in [2.45, 2.75) is 39.5 Å². The highest BCUT2D eigenvalue weighted by Crippen LogP contribution is 2.18. The van der Waals surface area contributed by atoms with Gasteiger partial charge in [0.15, 0.2) is 0 Å². The molecule has 102 valence electrons. The monoisotopic (exact) mass is 250 g/mol. The molecule has 0 unspecified atom stereocenters.